The van der Waals surface area contributed by atoms with Crippen LogP contribution in [0.15, 0.2) is 42.5 Å². The highest BCUT2D eigenvalue weighted by Crippen LogP contribution is 2.29. The van der Waals surface area contributed by atoms with Crippen molar-refractivity contribution in [3.8, 4) is 5.75 Å². The number of hydrogen-bond acceptors (Lipinski definition) is 3. The molecule has 0 aliphatic carbocycles. The van der Waals surface area contributed by atoms with Crippen molar-refractivity contribution in [2.75, 3.05) is 7.11 Å². The Hall–Kier alpha value is -1.98. The second kappa shape index (κ2) is 5.77. The number of methoxy groups -OCH3 is 1. The minimum Gasteiger partial charge on any atom is -0.494 e. The van der Waals surface area contributed by atoms with E-state index in [0.29, 0.717) is 11.1 Å². The molecule has 2 aromatic rings. The Morgan fingerprint density at radius 3 is 2.53 bits per heavy atom. The molecule has 1 unspecified atom stereocenters. The average Bonchev–Trinajstić information content (AvgIpc) is 2.41. The highest BCUT2D eigenvalue weighted by molar-refractivity contribution is 5.38. The summed E-state index contributed by atoms with van der Waals surface area (Å²) in [5.74, 6) is 4.67. The smallest absolute Gasteiger partial charge is 0.170 e. The zero-order valence-corrected chi connectivity index (χ0v) is 10.4. The summed E-state index contributed by atoms with van der Waals surface area (Å²) >= 11 is 0. The summed E-state index contributed by atoms with van der Waals surface area (Å²) in [7, 11) is 1.38. The van der Waals surface area contributed by atoms with Crippen molar-refractivity contribution in [2.24, 2.45) is 5.84 Å². The molecule has 0 aliphatic heterocycles. The fraction of sp³-hybridized carbons (Fsp3) is 0.143. The molecule has 0 saturated carbocycles. The molecule has 3 nitrogen and oxygen atoms in total. The summed E-state index contributed by atoms with van der Waals surface area (Å²) in [4.78, 5) is 0. The second-order valence-corrected chi connectivity index (χ2v) is 4.02. The first-order chi connectivity index (χ1) is 9.17. The Morgan fingerprint density at radius 2 is 1.89 bits per heavy atom. The Kier molecular flexibility index (Phi) is 4.09. The number of hydrazine groups is 1. The Bertz CT molecular complexity index is 575. The third-order valence-electron chi connectivity index (χ3n) is 2.87. The van der Waals surface area contributed by atoms with E-state index < -0.39 is 17.7 Å². The van der Waals surface area contributed by atoms with Gasteiger partial charge in [0.2, 0.25) is 0 Å². The van der Waals surface area contributed by atoms with Gasteiger partial charge in [0.1, 0.15) is 5.82 Å². The fourth-order valence-electron chi connectivity index (χ4n) is 1.96. The van der Waals surface area contributed by atoms with Gasteiger partial charge in [-0.15, -0.1) is 0 Å². The summed E-state index contributed by atoms with van der Waals surface area (Å²) in [5, 5.41) is 0. The molecule has 5 heteroatoms. The van der Waals surface area contributed by atoms with E-state index in [1.807, 2.05) is 0 Å². The standard InChI is InChI=1S/C14H14F2N2O/c1-19-12-7-3-6-11(13(12)16)14(18-17)9-4-2-5-10(15)8-9/h2-8,14,18H,17H2,1H3. The summed E-state index contributed by atoms with van der Waals surface area (Å²) in [6, 6.07) is 9.94. The lowest BCUT2D eigenvalue weighted by Crippen LogP contribution is -2.29. The summed E-state index contributed by atoms with van der Waals surface area (Å²) in [6.07, 6.45) is 0. The van der Waals surface area contributed by atoms with Crippen molar-refractivity contribution in [1.82, 2.24) is 5.43 Å². The minimum atomic E-state index is -0.647. The third-order valence-corrected chi connectivity index (χ3v) is 2.87. The summed E-state index contributed by atoms with van der Waals surface area (Å²) < 4.78 is 32.3. The highest BCUT2D eigenvalue weighted by atomic mass is 19.1. The zero-order valence-electron chi connectivity index (χ0n) is 10.4. The van der Waals surface area contributed by atoms with Gasteiger partial charge in [-0.05, 0) is 23.8 Å². The quantitative estimate of drug-likeness (QED) is 0.659. The van der Waals surface area contributed by atoms with Gasteiger partial charge >= 0.3 is 0 Å². The molecular weight excluding hydrogens is 250 g/mol. The van der Waals surface area contributed by atoms with Crippen LogP contribution in [-0.4, -0.2) is 7.11 Å². The van der Waals surface area contributed by atoms with Gasteiger partial charge < -0.3 is 4.74 Å². The van der Waals surface area contributed by atoms with Crippen molar-refractivity contribution < 1.29 is 13.5 Å². The Labute approximate surface area is 110 Å². The second-order valence-electron chi connectivity index (χ2n) is 4.02. The first-order valence-corrected chi connectivity index (χ1v) is 5.71. The van der Waals surface area contributed by atoms with Crippen LogP contribution in [0.5, 0.6) is 5.75 Å². The molecule has 0 bridgehead atoms. The van der Waals surface area contributed by atoms with Crippen molar-refractivity contribution in [2.45, 2.75) is 6.04 Å². The maximum absolute atomic E-state index is 14.2. The topological polar surface area (TPSA) is 47.3 Å². The van der Waals surface area contributed by atoms with Crippen LogP contribution < -0.4 is 16.0 Å². The normalized spacial score (nSPS) is 12.2. The molecule has 2 rings (SSSR count). The predicted octanol–water partition coefficient (Wildman–Crippen LogP) is 2.53. The van der Waals surface area contributed by atoms with Crippen molar-refractivity contribution >= 4 is 0 Å². The molecule has 0 amide bonds. The largest absolute Gasteiger partial charge is 0.494 e. The van der Waals surface area contributed by atoms with E-state index in [0.717, 1.165) is 0 Å². The van der Waals surface area contributed by atoms with Crippen LogP contribution in [0.1, 0.15) is 17.2 Å². The summed E-state index contributed by atoms with van der Waals surface area (Å²) in [5.41, 5.74) is 3.33. The molecule has 0 aromatic heterocycles. The van der Waals surface area contributed by atoms with Crippen molar-refractivity contribution in [3.05, 3.63) is 65.2 Å². The molecule has 1 atom stereocenters. The molecule has 0 aliphatic rings. The Morgan fingerprint density at radius 1 is 1.16 bits per heavy atom. The number of halogens is 2. The molecule has 2 aromatic carbocycles. The maximum Gasteiger partial charge on any atom is 0.170 e. The van der Waals surface area contributed by atoms with Crippen LogP contribution in [0.25, 0.3) is 0 Å². The van der Waals surface area contributed by atoms with Gasteiger partial charge in [0.15, 0.2) is 11.6 Å². The number of ether oxygens (including phenoxy) is 1. The summed E-state index contributed by atoms with van der Waals surface area (Å²) in [6.45, 7) is 0. The van der Waals surface area contributed by atoms with E-state index in [1.54, 1.807) is 24.3 Å². The van der Waals surface area contributed by atoms with Crippen LogP contribution in [0.3, 0.4) is 0 Å². The molecule has 0 saturated heterocycles. The van der Waals surface area contributed by atoms with E-state index in [9.17, 15) is 8.78 Å². The van der Waals surface area contributed by atoms with E-state index in [2.05, 4.69) is 5.43 Å². The number of hydrogen-bond donors (Lipinski definition) is 2. The lowest BCUT2D eigenvalue weighted by Gasteiger charge is -2.18. The van der Waals surface area contributed by atoms with E-state index in [4.69, 9.17) is 10.6 Å². The van der Waals surface area contributed by atoms with Crippen LogP contribution in [0, 0.1) is 11.6 Å². The molecule has 3 N–H and O–H groups in total. The molecule has 0 fully saturated rings. The van der Waals surface area contributed by atoms with E-state index in [1.165, 1.54) is 25.3 Å². The maximum atomic E-state index is 14.2. The first-order valence-electron chi connectivity index (χ1n) is 5.71. The molecular formula is C14H14F2N2O. The van der Waals surface area contributed by atoms with Gasteiger partial charge in [0.05, 0.1) is 13.2 Å². The van der Waals surface area contributed by atoms with Gasteiger partial charge in [-0.2, -0.15) is 0 Å². The lowest BCUT2D eigenvalue weighted by atomic mass is 9.98. The number of benzene rings is 2. The van der Waals surface area contributed by atoms with Gasteiger partial charge in [-0.3, -0.25) is 5.84 Å². The predicted molar refractivity (Wildman–Crippen MR) is 68.5 cm³/mol. The minimum absolute atomic E-state index is 0.120. The van der Waals surface area contributed by atoms with Gasteiger partial charge in [0, 0.05) is 5.56 Å². The number of nitrogens with two attached hydrogens (primary N) is 1. The molecule has 0 radical (unpaired) electrons. The Balaban J connectivity index is 2.48. The van der Waals surface area contributed by atoms with Crippen LogP contribution >= 0.6 is 0 Å². The van der Waals surface area contributed by atoms with Crippen molar-refractivity contribution in [3.63, 3.8) is 0 Å². The van der Waals surface area contributed by atoms with E-state index >= 15 is 0 Å². The first kappa shape index (κ1) is 13.5. The average molecular weight is 264 g/mol. The SMILES string of the molecule is COc1cccc(C(NN)c2cccc(F)c2)c1F. The number of nitrogens with one attached hydrogen (secondary N) is 1. The highest BCUT2D eigenvalue weighted by Gasteiger charge is 2.19. The zero-order chi connectivity index (χ0) is 13.8. The van der Waals surface area contributed by atoms with Gasteiger partial charge in [-0.1, -0.05) is 24.3 Å². The lowest BCUT2D eigenvalue weighted by molar-refractivity contribution is 0.381. The van der Waals surface area contributed by atoms with Crippen LogP contribution in [0.2, 0.25) is 0 Å². The van der Waals surface area contributed by atoms with Crippen LogP contribution in [-0.2, 0) is 0 Å². The fourth-order valence-corrected chi connectivity index (χ4v) is 1.96. The molecule has 0 heterocycles. The van der Waals surface area contributed by atoms with Crippen LogP contribution in [0.4, 0.5) is 8.78 Å². The molecule has 100 valence electrons. The van der Waals surface area contributed by atoms with Gasteiger partial charge in [-0.25, -0.2) is 14.2 Å². The van der Waals surface area contributed by atoms with E-state index in [-0.39, 0.29) is 5.75 Å². The monoisotopic (exact) mass is 264 g/mol. The molecule has 19 heavy (non-hydrogen) atoms. The number of rotatable bonds is 4. The third kappa shape index (κ3) is 2.72. The molecule has 0 spiro atoms. The van der Waals surface area contributed by atoms with Crippen molar-refractivity contribution in [1.29, 1.82) is 0 Å². The van der Waals surface area contributed by atoms with Gasteiger partial charge in [0.25, 0.3) is 0 Å².